The minimum atomic E-state index is -3.55. The minimum Gasteiger partial charge on any atom is -0.375 e. The average molecular weight is 474 g/mol. The van der Waals surface area contributed by atoms with E-state index in [2.05, 4.69) is 10.6 Å². The molecular formula is C22H20ClN3O5S. The van der Waals surface area contributed by atoms with Gasteiger partial charge in [0.15, 0.2) is 9.84 Å². The number of halogens is 1. The van der Waals surface area contributed by atoms with Crippen LogP contribution in [0.4, 0.5) is 11.4 Å². The van der Waals surface area contributed by atoms with Crippen LogP contribution in [0.25, 0.3) is 0 Å². The Balaban J connectivity index is 1.66. The molecule has 32 heavy (non-hydrogen) atoms. The number of nitro groups is 1. The normalized spacial score (nSPS) is 11.0. The van der Waals surface area contributed by atoms with Gasteiger partial charge in [-0.3, -0.25) is 14.9 Å². The number of anilines is 1. The maximum atomic E-state index is 12.4. The first-order valence-electron chi connectivity index (χ1n) is 9.59. The van der Waals surface area contributed by atoms with Gasteiger partial charge in [-0.2, -0.15) is 0 Å². The lowest BCUT2D eigenvalue weighted by atomic mass is 10.1. The van der Waals surface area contributed by atoms with Gasteiger partial charge in [0.05, 0.1) is 15.6 Å². The summed E-state index contributed by atoms with van der Waals surface area (Å²) < 4.78 is 24.6. The third-order valence-corrected chi connectivity index (χ3v) is 6.74. The van der Waals surface area contributed by atoms with Crippen molar-refractivity contribution in [3.63, 3.8) is 0 Å². The first-order chi connectivity index (χ1) is 15.3. The molecule has 0 fully saturated rings. The Morgan fingerprint density at radius 3 is 2.38 bits per heavy atom. The van der Waals surface area contributed by atoms with E-state index >= 15 is 0 Å². The molecule has 2 N–H and O–H groups in total. The molecule has 0 spiro atoms. The van der Waals surface area contributed by atoms with E-state index in [1.165, 1.54) is 24.3 Å². The highest BCUT2D eigenvalue weighted by Crippen LogP contribution is 2.27. The molecule has 8 nitrogen and oxygen atoms in total. The Morgan fingerprint density at radius 2 is 1.69 bits per heavy atom. The number of nitro benzene ring substituents is 1. The van der Waals surface area contributed by atoms with Crippen LogP contribution in [0.2, 0.25) is 5.02 Å². The van der Waals surface area contributed by atoms with Gasteiger partial charge >= 0.3 is 0 Å². The van der Waals surface area contributed by atoms with E-state index in [0.29, 0.717) is 5.02 Å². The first-order valence-corrected chi connectivity index (χ1v) is 11.6. The monoisotopic (exact) mass is 473 g/mol. The van der Waals surface area contributed by atoms with Crippen LogP contribution in [0.1, 0.15) is 15.9 Å². The lowest BCUT2D eigenvalue weighted by molar-refractivity contribution is -0.384. The van der Waals surface area contributed by atoms with Crippen molar-refractivity contribution in [3.8, 4) is 0 Å². The van der Waals surface area contributed by atoms with Crippen molar-refractivity contribution >= 4 is 38.7 Å². The second kappa shape index (κ2) is 10.3. The molecule has 1 amide bonds. The van der Waals surface area contributed by atoms with Gasteiger partial charge in [-0.05, 0) is 35.9 Å². The topological polar surface area (TPSA) is 118 Å². The molecule has 3 aromatic carbocycles. The number of rotatable bonds is 9. The molecule has 0 saturated carbocycles. The zero-order valence-corrected chi connectivity index (χ0v) is 18.4. The number of amides is 1. The van der Waals surface area contributed by atoms with Crippen molar-refractivity contribution in [2.75, 3.05) is 17.6 Å². The van der Waals surface area contributed by atoms with E-state index in [4.69, 9.17) is 11.6 Å². The fraction of sp³-hybridized carbons (Fsp3) is 0.136. The summed E-state index contributed by atoms with van der Waals surface area (Å²) in [5.74, 6) is -0.892. The summed E-state index contributed by atoms with van der Waals surface area (Å²) in [6.45, 7) is 0.139. The van der Waals surface area contributed by atoms with Crippen LogP contribution in [-0.2, 0) is 16.4 Å². The highest BCUT2D eigenvalue weighted by Gasteiger charge is 2.19. The van der Waals surface area contributed by atoms with Gasteiger partial charge in [0.25, 0.3) is 11.6 Å². The first kappa shape index (κ1) is 23.2. The van der Waals surface area contributed by atoms with E-state index in [-0.39, 0.29) is 40.7 Å². The predicted molar refractivity (Wildman–Crippen MR) is 123 cm³/mol. The maximum Gasteiger partial charge on any atom is 0.293 e. The molecule has 0 aromatic heterocycles. The smallest absolute Gasteiger partial charge is 0.293 e. The van der Waals surface area contributed by atoms with Crippen LogP contribution >= 0.6 is 11.6 Å². The largest absolute Gasteiger partial charge is 0.375 e. The quantitative estimate of drug-likeness (QED) is 0.357. The van der Waals surface area contributed by atoms with Crippen molar-refractivity contribution in [1.29, 1.82) is 0 Å². The van der Waals surface area contributed by atoms with E-state index in [9.17, 15) is 23.3 Å². The zero-order valence-electron chi connectivity index (χ0n) is 16.8. The molecule has 0 saturated heterocycles. The van der Waals surface area contributed by atoms with E-state index in [1.54, 1.807) is 36.4 Å². The summed E-state index contributed by atoms with van der Waals surface area (Å²) in [5, 5.41) is 17.5. The van der Waals surface area contributed by atoms with E-state index < -0.39 is 20.7 Å². The molecule has 0 unspecified atom stereocenters. The number of carbonyl (C=O) groups is 1. The molecule has 0 radical (unpaired) electrons. The molecular weight excluding hydrogens is 454 g/mol. The summed E-state index contributed by atoms with van der Waals surface area (Å²) in [6, 6.07) is 19.0. The highest BCUT2D eigenvalue weighted by molar-refractivity contribution is 7.91. The van der Waals surface area contributed by atoms with Crippen LogP contribution in [-0.4, -0.2) is 31.5 Å². The van der Waals surface area contributed by atoms with Crippen molar-refractivity contribution in [2.45, 2.75) is 11.4 Å². The summed E-state index contributed by atoms with van der Waals surface area (Å²) in [5.41, 5.74) is 0.779. The molecule has 10 heteroatoms. The van der Waals surface area contributed by atoms with Crippen LogP contribution in [0.5, 0.6) is 0 Å². The summed E-state index contributed by atoms with van der Waals surface area (Å²) in [6.07, 6.45) is 0. The number of hydrogen-bond donors (Lipinski definition) is 2. The molecule has 3 aromatic rings. The number of benzene rings is 3. The van der Waals surface area contributed by atoms with E-state index in [0.717, 1.165) is 11.6 Å². The van der Waals surface area contributed by atoms with Gasteiger partial charge in [-0.15, -0.1) is 0 Å². The second-order valence-electron chi connectivity index (χ2n) is 6.82. The molecule has 166 valence electrons. The van der Waals surface area contributed by atoms with Gasteiger partial charge in [-0.25, -0.2) is 8.42 Å². The molecule has 0 heterocycles. The predicted octanol–water partition coefficient (Wildman–Crippen LogP) is 4.06. The number of carbonyl (C=O) groups excluding carboxylic acids is 1. The van der Waals surface area contributed by atoms with Gasteiger partial charge in [0, 0.05) is 29.7 Å². The Bertz CT molecular complexity index is 1230. The molecule has 3 rings (SSSR count). The van der Waals surface area contributed by atoms with Gasteiger partial charge in [0.2, 0.25) is 0 Å². The van der Waals surface area contributed by atoms with Crippen molar-refractivity contribution in [2.24, 2.45) is 0 Å². The summed E-state index contributed by atoms with van der Waals surface area (Å²) >= 11 is 6.11. The van der Waals surface area contributed by atoms with Crippen LogP contribution in [0, 0.1) is 10.1 Å². The lowest BCUT2D eigenvalue weighted by Crippen LogP contribution is -2.29. The van der Waals surface area contributed by atoms with Gasteiger partial charge in [-0.1, -0.05) is 48.0 Å². The Labute approximate surface area is 190 Å². The average Bonchev–Trinajstić information content (AvgIpc) is 2.79. The standard InChI is InChI=1S/C22H20ClN3O5S/c23-19-9-5-4-6-17(19)15-25-20-11-10-16(14-21(20)26(28)29)22(27)24-12-13-32(30,31)18-7-2-1-3-8-18/h1-11,14,25H,12-13,15H2,(H,24,27). The molecule has 0 aliphatic rings. The Kier molecular flexibility index (Phi) is 7.45. The minimum absolute atomic E-state index is 0.0529. The second-order valence-corrected chi connectivity index (χ2v) is 9.34. The molecule has 0 aliphatic heterocycles. The van der Waals surface area contributed by atoms with Crippen molar-refractivity contribution < 1.29 is 18.1 Å². The third kappa shape index (κ3) is 5.83. The number of nitrogens with zero attached hydrogens (tertiary/aromatic N) is 1. The Morgan fingerprint density at radius 1 is 1.00 bits per heavy atom. The SMILES string of the molecule is O=C(NCCS(=O)(=O)c1ccccc1)c1ccc(NCc2ccccc2Cl)c([N+](=O)[O-])c1. The molecule has 0 bridgehead atoms. The number of hydrogen-bond acceptors (Lipinski definition) is 6. The molecule has 0 aliphatic carbocycles. The summed E-state index contributed by atoms with van der Waals surface area (Å²) in [4.78, 5) is 23.5. The van der Waals surface area contributed by atoms with Crippen molar-refractivity contribution in [1.82, 2.24) is 5.32 Å². The van der Waals surface area contributed by atoms with Crippen molar-refractivity contribution in [3.05, 3.63) is 99.1 Å². The fourth-order valence-electron chi connectivity index (χ4n) is 2.95. The van der Waals surface area contributed by atoms with Crippen LogP contribution in [0.3, 0.4) is 0 Å². The number of nitrogens with one attached hydrogen (secondary N) is 2. The third-order valence-electron chi connectivity index (χ3n) is 4.64. The fourth-order valence-corrected chi connectivity index (χ4v) is 4.33. The van der Waals surface area contributed by atoms with Crippen LogP contribution in [0.15, 0.2) is 77.7 Å². The molecule has 0 atom stereocenters. The number of sulfone groups is 1. The summed E-state index contributed by atoms with van der Waals surface area (Å²) in [7, 11) is -3.55. The highest BCUT2D eigenvalue weighted by atomic mass is 35.5. The Hall–Kier alpha value is -3.43. The van der Waals surface area contributed by atoms with Gasteiger partial charge in [0.1, 0.15) is 5.69 Å². The van der Waals surface area contributed by atoms with Crippen LogP contribution < -0.4 is 10.6 Å². The zero-order chi connectivity index (χ0) is 23.1. The van der Waals surface area contributed by atoms with Gasteiger partial charge < -0.3 is 10.6 Å². The van der Waals surface area contributed by atoms with E-state index in [1.807, 2.05) is 6.07 Å². The maximum absolute atomic E-state index is 12.4. The lowest BCUT2D eigenvalue weighted by Gasteiger charge is -2.10.